The molecule has 1 heteroatoms. The molecule has 4 aliphatic carbocycles. The minimum absolute atomic E-state index is 0.0994. The van der Waals surface area contributed by atoms with Crippen molar-refractivity contribution in [3.63, 3.8) is 0 Å². The number of nitrogens with zero attached hydrogens (tertiary/aromatic N) is 1. The van der Waals surface area contributed by atoms with Crippen LogP contribution in [0.1, 0.15) is 53.1 Å². The van der Waals surface area contributed by atoms with Gasteiger partial charge >= 0.3 is 0 Å². The summed E-state index contributed by atoms with van der Waals surface area (Å²) in [5.41, 5.74) is 19.4. The molecular formula is C52H39N. The van der Waals surface area contributed by atoms with Crippen molar-refractivity contribution in [1.29, 1.82) is 0 Å². The van der Waals surface area contributed by atoms with Gasteiger partial charge < -0.3 is 4.90 Å². The van der Waals surface area contributed by atoms with E-state index in [-0.39, 0.29) is 10.8 Å². The Bertz CT molecular complexity index is 2660. The zero-order valence-electron chi connectivity index (χ0n) is 30.0. The van der Waals surface area contributed by atoms with Crippen molar-refractivity contribution in [2.45, 2.75) is 30.6 Å². The van der Waals surface area contributed by atoms with E-state index in [1.165, 1.54) is 78.1 Å². The third-order valence-electron chi connectivity index (χ3n) is 12.8. The van der Waals surface area contributed by atoms with Crippen molar-refractivity contribution < 1.29 is 0 Å². The summed E-state index contributed by atoms with van der Waals surface area (Å²) in [5.74, 6) is 0.626. The predicted molar refractivity (Wildman–Crippen MR) is 220 cm³/mol. The molecule has 0 fully saturated rings. The van der Waals surface area contributed by atoms with Crippen LogP contribution in [-0.2, 0) is 10.8 Å². The zero-order valence-corrected chi connectivity index (χ0v) is 30.0. The van der Waals surface area contributed by atoms with Crippen molar-refractivity contribution in [2.24, 2.45) is 5.92 Å². The lowest BCUT2D eigenvalue weighted by atomic mass is 9.65. The molecule has 0 aliphatic heterocycles. The number of fused-ring (bicyclic) bond motifs is 13. The number of allylic oxidation sites excluding steroid dienone is 4. The topological polar surface area (TPSA) is 3.24 Å². The molecule has 1 nitrogen and oxygen atoms in total. The highest BCUT2D eigenvalue weighted by Crippen LogP contribution is 2.65. The molecule has 11 rings (SSSR count). The highest BCUT2D eigenvalue weighted by atomic mass is 15.1. The standard InChI is InChI=1S/C52H39N/c1-51(2)45-20-10-6-16-39(45)43-30-28-37(32-49(43)51)53(36-26-24-35(25-27-36)34-14-4-3-5-15-34)38-29-31-44-42-19-9-13-23-48(42)52(50(44)33-38)46-21-11-7-17-40(46)41-18-8-12-22-47(41)52/h3-33,40,46H,1-2H3. The first kappa shape index (κ1) is 30.4. The maximum atomic E-state index is 2.53. The summed E-state index contributed by atoms with van der Waals surface area (Å²) in [4.78, 5) is 2.49. The first-order valence-electron chi connectivity index (χ1n) is 18.9. The van der Waals surface area contributed by atoms with Gasteiger partial charge in [-0.2, -0.15) is 0 Å². The lowest BCUT2D eigenvalue weighted by Gasteiger charge is -2.37. The van der Waals surface area contributed by atoms with Gasteiger partial charge in [-0.05, 0) is 103 Å². The smallest absolute Gasteiger partial charge is 0.0538 e. The Morgan fingerprint density at radius 3 is 1.70 bits per heavy atom. The molecule has 0 saturated carbocycles. The van der Waals surface area contributed by atoms with Crippen molar-refractivity contribution >= 4 is 17.1 Å². The van der Waals surface area contributed by atoms with E-state index in [1.807, 2.05) is 0 Å². The Balaban J connectivity index is 1.14. The lowest BCUT2D eigenvalue weighted by Crippen LogP contribution is -2.33. The second-order valence-corrected chi connectivity index (χ2v) is 15.6. The number of hydrogen-bond acceptors (Lipinski definition) is 1. The molecule has 0 bridgehead atoms. The molecule has 3 unspecified atom stereocenters. The van der Waals surface area contributed by atoms with Gasteiger partial charge in [0.25, 0.3) is 0 Å². The molecule has 53 heavy (non-hydrogen) atoms. The van der Waals surface area contributed by atoms with Crippen LogP contribution in [0.15, 0.2) is 188 Å². The van der Waals surface area contributed by atoms with Crippen molar-refractivity contribution in [2.75, 3.05) is 4.90 Å². The number of rotatable bonds is 4. The molecule has 7 aromatic rings. The Morgan fingerprint density at radius 2 is 0.943 bits per heavy atom. The molecule has 252 valence electrons. The van der Waals surface area contributed by atoms with Crippen LogP contribution >= 0.6 is 0 Å². The van der Waals surface area contributed by atoms with E-state index < -0.39 is 0 Å². The molecule has 0 aromatic heterocycles. The van der Waals surface area contributed by atoms with Crippen LogP contribution in [0.2, 0.25) is 0 Å². The molecular weight excluding hydrogens is 639 g/mol. The first-order valence-corrected chi connectivity index (χ1v) is 18.9. The van der Waals surface area contributed by atoms with Gasteiger partial charge in [0.05, 0.1) is 5.41 Å². The summed E-state index contributed by atoms with van der Waals surface area (Å²) in [5, 5.41) is 0. The van der Waals surface area contributed by atoms with Crippen LogP contribution in [0, 0.1) is 5.92 Å². The normalized spacial score (nSPS) is 20.3. The van der Waals surface area contributed by atoms with Gasteiger partial charge in [0, 0.05) is 34.3 Å². The molecule has 0 N–H and O–H groups in total. The highest BCUT2D eigenvalue weighted by molar-refractivity contribution is 5.90. The lowest BCUT2D eigenvalue weighted by molar-refractivity contribution is 0.465. The van der Waals surface area contributed by atoms with Crippen LogP contribution in [-0.4, -0.2) is 0 Å². The Hall–Kier alpha value is -6.18. The molecule has 0 radical (unpaired) electrons. The summed E-state index contributed by atoms with van der Waals surface area (Å²) < 4.78 is 0. The molecule has 1 spiro atoms. The van der Waals surface area contributed by atoms with Crippen LogP contribution in [0.3, 0.4) is 0 Å². The number of hydrogen-bond donors (Lipinski definition) is 0. The maximum absolute atomic E-state index is 2.53. The molecule has 0 saturated heterocycles. The van der Waals surface area contributed by atoms with E-state index >= 15 is 0 Å². The van der Waals surface area contributed by atoms with Gasteiger partial charge in [-0.15, -0.1) is 0 Å². The van der Waals surface area contributed by atoms with Gasteiger partial charge in [-0.1, -0.05) is 166 Å². The fourth-order valence-electron chi connectivity index (χ4n) is 10.4. The second-order valence-electron chi connectivity index (χ2n) is 15.6. The van der Waals surface area contributed by atoms with E-state index in [9.17, 15) is 0 Å². The zero-order chi connectivity index (χ0) is 35.3. The molecule has 4 aliphatic rings. The number of benzene rings is 7. The minimum Gasteiger partial charge on any atom is -0.310 e. The van der Waals surface area contributed by atoms with Gasteiger partial charge in [-0.25, -0.2) is 0 Å². The van der Waals surface area contributed by atoms with E-state index in [1.54, 1.807) is 0 Å². The summed E-state index contributed by atoms with van der Waals surface area (Å²) in [6, 6.07) is 61.5. The molecule has 0 heterocycles. The van der Waals surface area contributed by atoms with Crippen LogP contribution < -0.4 is 4.90 Å². The van der Waals surface area contributed by atoms with E-state index in [4.69, 9.17) is 0 Å². The fraction of sp³-hybridized carbons (Fsp3) is 0.115. The van der Waals surface area contributed by atoms with Crippen molar-refractivity contribution in [3.05, 3.63) is 221 Å². The van der Waals surface area contributed by atoms with Gasteiger partial charge in [0.2, 0.25) is 0 Å². The largest absolute Gasteiger partial charge is 0.310 e. The SMILES string of the molecule is CC1(C)c2ccccc2-c2ccc(N(c3ccc(-c4ccccc4)cc3)c3ccc4c(c3)C3(c5ccccc5-4)c4ccccc4C4C=CC=CC43)cc21. The van der Waals surface area contributed by atoms with Crippen LogP contribution in [0.4, 0.5) is 17.1 Å². The van der Waals surface area contributed by atoms with E-state index in [0.717, 1.165) is 5.69 Å². The van der Waals surface area contributed by atoms with E-state index in [2.05, 4.69) is 207 Å². The predicted octanol–water partition coefficient (Wildman–Crippen LogP) is 13.3. The quantitative estimate of drug-likeness (QED) is 0.179. The average molecular weight is 678 g/mol. The molecule has 3 atom stereocenters. The highest BCUT2D eigenvalue weighted by Gasteiger charge is 2.57. The fourth-order valence-corrected chi connectivity index (χ4v) is 10.4. The third kappa shape index (κ3) is 4.14. The van der Waals surface area contributed by atoms with Crippen LogP contribution in [0.25, 0.3) is 33.4 Å². The van der Waals surface area contributed by atoms with Gasteiger partial charge in [0.15, 0.2) is 0 Å². The van der Waals surface area contributed by atoms with Gasteiger partial charge in [0.1, 0.15) is 0 Å². The third-order valence-corrected chi connectivity index (χ3v) is 12.8. The Morgan fingerprint density at radius 1 is 0.415 bits per heavy atom. The summed E-state index contributed by atoms with van der Waals surface area (Å²) in [7, 11) is 0. The Kier molecular flexibility index (Phi) is 6.41. The summed E-state index contributed by atoms with van der Waals surface area (Å²) in [6.07, 6.45) is 9.41. The minimum atomic E-state index is -0.283. The molecule has 0 amide bonds. The van der Waals surface area contributed by atoms with Gasteiger partial charge in [-0.3, -0.25) is 0 Å². The van der Waals surface area contributed by atoms with Crippen LogP contribution in [0.5, 0.6) is 0 Å². The number of anilines is 3. The van der Waals surface area contributed by atoms with E-state index in [0.29, 0.717) is 11.8 Å². The van der Waals surface area contributed by atoms with Crippen molar-refractivity contribution in [1.82, 2.24) is 0 Å². The monoisotopic (exact) mass is 677 g/mol. The summed E-state index contributed by atoms with van der Waals surface area (Å²) >= 11 is 0. The maximum Gasteiger partial charge on any atom is 0.0538 e. The second kappa shape index (κ2) is 11.2. The summed E-state index contributed by atoms with van der Waals surface area (Å²) in [6.45, 7) is 4.74. The first-order chi connectivity index (χ1) is 26.0. The molecule has 7 aromatic carbocycles. The average Bonchev–Trinajstić information content (AvgIpc) is 3.77. The van der Waals surface area contributed by atoms with Crippen molar-refractivity contribution in [3.8, 4) is 33.4 Å². The Labute approximate surface area is 312 Å².